The van der Waals surface area contributed by atoms with Crippen molar-refractivity contribution in [3.8, 4) is 5.75 Å². The Morgan fingerprint density at radius 1 is 1.00 bits per heavy atom. The van der Waals surface area contributed by atoms with E-state index < -0.39 is 35.6 Å². The number of halogens is 6. The molecule has 1 aromatic rings. The second-order valence-corrected chi connectivity index (χ2v) is 3.13. The Balaban J connectivity index is 3.19. The van der Waals surface area contributed by atoms with Crippen LogP contribution in [0.15, 0.2) is 18.2 Å². The van der Waals surface area contributed by atoms with Crippen LogP contribution in [-0.4, -0.2) is 11.3 Å². The van der Waals surface area contributed by atoms with Gasteiger partial charge in [0.25, 0.3) is 0 Å². The Morgan fingerprint density at radius 3 is 2.00 bits per heavy atom. The summed E-state index contributed by atoms with van der Waals surface area (Å²) in [6, 6.07) is 1.68. The molecule has 0 aliphatic rings. The fourth-order valence-corrected chi connectivity index (χ4v) is 1.20. The molecule has 0 saturated carbocycles. The number of hydrogen-bond acceptors (Lipinski definition) is 1. The van der Waals surface area contributed by atoms with Crippen LogP contribution < -0.4 is 0 Å². The van der Waals surface area contributed by atoms with E-state index in [4.69, 9.17) is 5.11 Å². The average Bonchev–Trinajstić information content (AvgIpc) is 2.04. The van der Waals surface area contributed by atoms with Crippen LogP contribution in [-0.2, 0) is 12.6 Å². The predicted octanol–water partition coefficient (Wildman–Crippen LogP) is 3.52. The minimum atomic E-state index is -4.92. The van der Waals surface area contributed by atoms with E-state index in [0.29, 0.717) is 6.07 Å². The fraction of sp³-hybridized carbons (Fsp3) is 0.333. The standard InChI is InChI=1S/C9H6F6O/c10-8(11,12)4-5-1-2-6(16)3-7(5)9(13,14)15/h1-3,16H,4H2. The van der Waals surface area contributed by atoms with E-state index in [-0.39, 0.29) is 6.07 Å². The average molecular weight is 244 g/mol. The molecule has 1 aromatic carbocycles. The van der Waals surface area contributed by atoms with Crippen molar-refractivity contribution < 1.29 is 31.4 Å². The molecule has 1 N–H and O–H groups in total. The van der Waals surface area contributed by atoms with Crippen molar-refractivity contribution in [1.82, 2.24) is 0 Å². The van der Waals surface area contributed by atoms with Gasteiger partial charge in [-0.05, 0) is 17.7 Å². The summed E-state index contributed by atoms with van der Waals surface area (Å²) in [7, 11) is 0. The minimum absolute atomic E-state index is 0.279. The molecule has 0 unspecified atom stereocenters. The van der Waals surface area contributed by atoms with Crippen LogP contribution in [0.25, 0.3) is 0 Å². The van der Waals surface area contributed by atoms with E-state index in [1.165, 1.54) is 0 Å². The van der Waals surface area contributed by atoms with E-state index in [0.717, 1.165) is 6.07 Å². The Bertz CT molecular complexity index is 379. The van der Waals surface area contributed by atoms with Crippen molar-refractivity contribution in [2.45, 2.75) is 18.8 Å². The van der Waals surface area contributed by atoms with Gasteiger partial charge in [-0.1, -0.05) is 6.07 Å². The van der Waals surface area contributed by atoms with Gasteiger partial charge in [0.1, 0.15) is 5.75 Å². The normalized spacial score (nSPS) is 12.9. The van der Waals surface area contributed by atoms with Gasteiger partial charge in [-0.25, -0.2) is 0 Å². The number of rotatable bonds is 1. The molecule has 0 aliphatic carbocycles. The maximum Gasteiger partial charge on any atom is 0.416 e. The Kier molecular flexibility index (Phi) is 3.07. The molecular formula is C9H6F6O. The summed E-state index contributed by atoms with van der Waals surface area (Å²) in [6.07, 6.45) is -11.3. The third-order valence-corrected chi connectivity index (χ3v) is 1.79. The van der Waals surface area contributed by atoms with Gasteiger partial charge >= 0.3 is 12.4 Å². The minimum Gasteiger partial charge on any atom is -0.508 e. The quantitative estimate of drug-likeness (QED) is 0.749. The van der Waals surface area contributed by atoms with Crippen molar-refractivity contribution in [1.29, 1.82) is 0 Å². The van der Waals surface area contributed by atoms with Crippen molar-refractivity contribution >= 4 is 0 Å². The number of phenols is 1. The Hall–Kier alpha value is -1.40. The highest BCUT2D eigenvalue weighted by Crippen LogP contribution is 2.36. The summed E-state index contributed by atoms with van der Waals surface area (Å²) < 4.78 is 72.9. The SMILES string of the molecule is Oc1ccc(CC(F)(F)F)c(C(F)(F)F)c1. The first-order valence-electron chi connectivity index (χ1n) is 4.05. The van der Waals surface area contributed by atoms with Gasteiger partial charge in [0, 0.05) is 0 Å². The second-order valence-electron chi connectivity index (χ2n) is 3.13. The fourth-order valence-electron chi connectivity index (χ4n) is 1.20. The van der Waals surface area contributed by atoms with Gasteiger partial charge in [-0.15, -0.1) is 0 Å². The van der Waals surface area contributed by atoms with Crippen LogP contribution in [0.3, 0.4) is 0 Å². The monoisotopic (exact) mass is 244 g/mol. The topological polar surface area (TPSA) is 20.2 Å². The molecule has 0 fully saturated rings. The summed E-state index contributed by atoms with van der Waals surface area (Å²) in [5.74, 6) is -0.724. The van der Waals surface area contributed by atoms with E-state index in [1.807, 2.05) is 0 Å². The molecule has 1 nitrogen and oxygen atoms in total. The summed E-state index contributed by atoms with van der Waals surface area (Å²) in [4.78, 5) is 0. The highest BCUT2D eigenvalue weighted by molar-refractivity contribution is 5.37. The first-order valence-corrected chi connectivity index (χ1v) is 4.05. The van der Waals surface area contributed by atoms with Crippen LogP contribution in [0.2, 0.25) is 0 Å². The smallest absolute Gasteiger partial charge is 0.416 e. The maximum atomic E-state index is 12.3. The first-order chi connectivity index (χ1) is 7.09. The molecule has 16 heavy (non-hydrogen) atoms. The van der Waals surface area contributed by atoms with Crippen molar-refractivity contribution in [3.63, 3.8) is 0 Å². The lowest BCUT2D eigenvalue weighted by molar-refractivity contribution is -0.143. The number of hydrogen-bond donors (Lipinski definition) is 1. The van der Waals surface area contributed by atoms with Gasteiger partial charge < -0.3 is 5.11 Å². The first kappa shape index (κ1) is 12.7. The van der Waals surface area contributed by atoms with E-state index in [2.05, 4.69) is 0 Å². The second kappa shape index (κ2) is 3.88. The molecule has 90 valence electrons. The molecule has 7 heteroatoms. The molecule has 1 rings (SSSR count). The third kappa shape index (κ3) is 3.32. The van der Waals surface area contributed by atoms with Crippen LogP contribution in [0.4, 0.5) is 26.3 Å². The molecular weight excluding hydrogens is 238 g/mol. The molecule has 0 bridgehead atoms. The summed E-state index contributed by atoms with van der Waals surface area (Å²) in [5.41, 5.74) is -2.37. The van der Waals surface area contributed by atoms with Crippen LogP contribution in [0.1, 0.15) is 11.1 Å². The van der Waals surface area contributed by atoms with Crippen molar-refractivity contribution in [2.75, 3.05) is 0 Å². The molecule has 0 spiro atoms. The highest BCUT2D eigenvalue weighted by Gasteiger charge is 2.37. The number of benzene rings is 1. The molecule has 0 radical (unpaired) electrons. The van der Waals surface area contributed by atoms with Crippen LogP contribution in [0, 0.1) is 0 Å². The lowest BCUT2D eigenvalue weighted by Crippen LogP contribution is -2.16. The number of phenolic OH excluding ortho intramolecular Hbond substituents is 1. The largest absolute Gasteiger partial charge is 0.508 e. The van der Waals surface area contributed by atoms with Crippen LogP contribution >= 0.6 is 0 Å². The van der Waals surface area contributed by atoms with Crippen molar-refractivity contribution in [2.24, 2.45) is 0 Å². The van der Waals surface area contributed by atoms with Crippen molar-refractivity contribution in [3.05, 3.63) is 29.3 Å². The molecule has 0 aromatic heterocycles. The Labute approximate surface area is 86.3 Å². The summed E-state index contributed by atoms with van der Waals surface area (Å²) >= 11 is 0. The zero-order valence-electron chi connectivity index (χ0n) is 7.65. The van der Waals surface area contributed by atoms with Gasteiger partial charge in [-0.3, -0.25) is 0 Å². The number of alkyl halides is 6. The van der Waals surface area contributed by atoms with E-state index in [1.54, 1.807) is 0 Å². The van der Waals surface area contributed by atoms with E-state index in [9.17, 15) is 26.3 Å². The summed E-state index contributed by atoms with van der Waals surface area (Å²) in [5, 5.41) is 8.82. The van der Waals surface area contributed by atoms with Gasteiger partial charge in [0.05, 0.1) is 12.0 Å². The zero-order valence-corrected chi connectivity index (χ0v) is 7.65. The highest BCUT2D eigenvalue weighted by atomic mass is 19.4. The van der Waals surface area contributed by atoms with Gasteiger partial charge in [0.15, 0.2) is 0 Å². The van der Waals surface area contributed by atoms with Gasteiger partial charge in [0.2, 0.25) is 0 Å². The molecule has 0 aliphatic heterocycles. The lowest BCUT2D eigenvalue weighted by Gasteiger charge is -2.14. The zero-order chi connectivity index (χ0) is 12.6. The van der Waals surface area contributed by atoms with Gasteiger partial charge in [-0.2, -0.15) is 26.3 Å². The molecule has 0 amide bonds. The summed E-state index contributed by atoms with van der Waals surface area (Å²) in [6.45, 7) is 0. The number of aromatic hydroxyl groups is 1. The van der Waals surface area contributed by atoms with E-state index >= 15 is 0 Å². The predicted molar refractivity (Wildman–Crippen MR) is 42.9 cm³/mol. The molecule has 0 heterocycles. The Morgan fingerprint density at radius 2 is 1.56 bits per heavy atom. The molecule has 0 saturated heterocycles. The maximum absolute atomic E-state index is 12.3. The van der Waals surface area contributed by atoms with Crippen LogP contribution in [0.5, 0.6) is 5.75 Å². The lowest BCUT2D eigenvalue weighted by atomic mass is 10.0. The molecule has 0 atom stereocenters. The third-order valence-electron chi connectivity index (χ3n) is 1.79.